The molecule has 2 aromatic carbocycles. The molecule has 1 fully saturated rings. The molecular formula is C26H30ClN3O2S. The van der Waals surface area contributed by atoms with Gasteiger partial charge in [-0.2, -0.15) is 0 Å². The Morgan fingerprint density at radius 3 is 2.67 bits per heavy atom. The number of thiophene rings is 1. The summed E-state index contributed by atoms with van der Waals surface area (Å²) in [5.74, 6) is 0.775. The van der Waals surface area contributed by atoms with Crippen LogP contribution in [-0.4, -0.2) is 48.8 Å². The number of nitrogens with zero attached hydrogens (tertiary/aromatic N) is 3. The second kappa shape index (κ2) is 10.6. The molecule has 33 heavy (non-hydrogen) atoms. The van der Waals surface area contributed by atoms with Crippen LogP contribution in [0.15, 0.2) is 64.9 Å². The summed E-state index contributed by atoms with van der Waals surface area (Å²) in [7, 11) is 0. The minimum Gasteiger partial charge on any atom is -0.494 e. The molecule has 0 bridgehead atoms. The highest BCUT2D eigenvalue weighted by molar-refractivity contribution is 7.17. The Bertz CT molecular complexity index is 1280. The van der Waals surface area contributed by atoms with E-state index < -0.39 is 0 Å². The number of benzene rings is 2. The summed E-state index contributed by atoms with van der Waals surface area (Å²) >= 11 is 1.81. The van der Waals surface area contributed by atoms with E-state index in [-0.39, 0.29) is 18.0 Å². The van der Waals surface area contributed by atoms with Crippen molar-refractivity contribution < 1.29 is 4.74 Å². The molecule has 4 aromatic rings. The molecule has 3 heterocycles. The van der Waals surface area contributed by atoms with Crippen molar-refractivity contribution in [3.63, 3.8) is 0 Å². The van der Waals surface area contributed by atoms with Gasteiger partial charge in [0.25, 0.3) is 5.56 Å². The summed E-state index contributed by atoms with van der Waals surface area (Å²) in [4.78, 5) is 17.6. The van der Waals surface area contributed by atoms with Crippen LogP contribution in [-0.2, 0) is 6.54 Å². The first-order valence-corrected chi connectivity index (χ1v) is 12.3. The Morgan fingerprint density at radius 1 is 1.00 bits per heavy atom. The van der Waals surface area contributed by atoms with E-state index in [1.807, 2.05) is 48.7 Å². The zero-order valence-corrected chi connectivity index (χ0v) is 20.5. The first-order valence-electron chi connectivity index (χ1n) is 11.4. The van der Waals surface area contributed by atoms with E-state index in [2.05, 4.69) is 39.4 Å². The number of pyridine rings is 1. The third-order valence-electron chi connectivity index (χ3n) is 6.36. The maximum absolute atomic E-state index is 12.5. The van der Waals surface area contributed by atoms with Crippen molar-refractivity contribution in [2.75, 3.05) is 44.2 Å². The molecule has 1 aliphatic rings. The van der Waals surface area contributed by atoms with Crippen LogP contribution >= 0.6 is 23.7 Å². The molecular weight excluding hydrogens is 454 g/mol. The Kier molecular flexibility index (Phi) is 7.58. The van der Waals surface area contributed by atoms with Crippen molar-refractivity contribution >= 4 is 50.3 Å². The van der Waals surface area contributed by atoms with E-state index in [0.29, 0.717) is 13.2 Å². The lowest BCUT2D eigenvalue weighted by Crippen LogP contribution is -2.46. The van der Waals surface area contributed by atoms with Crippen LogP contribution in [0.25, 0.3) is 20.9 Å². The van der Waals surface area contributed by atoms with Crippen molar-refractivity contribution in [1.29, 1.82) is 0 Å². The van der Waals surface area contributed by atoms with E-state index in [0.717, 1.165) is 55.7 Å². The molecule has 174 valence electrons. The SMILES string of the molecule is CCn1ccc2ccc(OCCCN3CCN(c4cccc5sccc45)CC3)cc2c1=O.Cl. The van der Waals surface area contributed by atoms with Gasteiger partial charge in [0.2, 0.25) is 0 Å². The van der Waals surface area contributed by atoms with E-state index in [1.54, 1.807) is 4.57 Å². The number of aryl methyl sites for hydroxylation is 1. The first kappa shape index (κ1) is 23.6. The van der Waals surface area contributed by atoms with Crippen molar-refractivity contribution in [2.45, 2.75) is 19.9 Å². The number of rotatable bonds is 7. The summed E-state index contributed by atoms with van der Waals surface area (Å²) in [6.45, 7) is 8.63. The number of aromatic nitrogens is 1. The molecule has 0 saturated carbocycles. The number of hydrogen-bond acceptors (Lipinski definition) is 5. The minimum absolute atomic E-state index is 0. The molecule has 0 unspecified atom stereocenters. The van der Waals surface area contributed by atoms with Crippen LogP contribution in [0.1, 0.15) is 13.3 Å². The topological polar surface area (TPSA) is 37.7 Å². The zero-order chi connectivity index (χ0) is 21.9. The molecule has 5 nitrogen and oxygen atoms in total. The van der Waals surface area contributed by atoms with Gasteiger partial charge in [0.1, 0.15) is 5.75 Å². The molecule has 7 heteroatoms. The average Bonchev–Trinajstić information content (AvgIpc) is 3.32. The van der Waals surface area contributed by atoms with Gasteiger partial charge in [-0.1, -0.05) is 12.1 Å². The molecule has 0 aliphatic carbocycles. The van der Waals surface area contributed by atoms with Gasteiger partial charge in [-0.05, 0) is 60.5 Å². The quantitative estimate of drug-likeness (QED) is 0.336. The fourth-order valence-electron chi connectivity index (χ4n) is 4.54. The maximum atomic E-state index is 12.5. The standard InChI is InChI=1S/C26H29N3O2S.ClH/c1-2-28-12-9-20-7-8-21(19-23(20)26(28)30)31-17-4-11-27-13-15-29(16-14-27)24-5-3-6-25-22(24)10-18-32-25;/h3,5-10,12,18-19H,2,4,11,13-17H2,1H3;1H. The second-order valence-electron chi connectivity index (χ2n) is 8.30. The molecule has 1 aliphatic heterocycles. The fraction of sp³-hybridized carbons (Fsp3) is 0.346. The molecule has 1 saturated heterocycles. The minimum atomic E-state index is 0. The van der Waals surface area contributed by atoms with Gasteiger partial charge in [-0.25, -0.2) is 0 Å². The normalized spacial score (nSPS) is 14.5. The number of piperazine rings is 1. The Morgan fingerprint density at radius 2 is 1.85 bits per heavy atom. The Balaban J connectivity index is 0.00000259. The molecule has 0 atom stereocenters. The molecule has 5 rings (SSSR count). The molecule has 0 spiro atoms. The van der Waals surface area contributed by atoms with Crippen LogP contribution in [0.4, 0.5) is 5.69 Å². The van der Waals surface area contributed by atoms with Gasteiger partial charge < -0.3 is 14.2 Å². The van der Waals surface area contributed by atoms with Gasteiger partial charge in [0.05, 0.1) is 12.0 Å². The average molecular weight is 484 g/mol. The van der Waals surface area contributed by atoms with Gasteiger partial charge >= 0.3 is 0 Å². The second-order valence-corrected chi connectivity index (χ2v) is 9.24. The summed E-state index contributed by atoms with van der Waals surface area (Å²) in [5, 5.41) is 5.24. The van der Waals surface area contributed by atoms with Crippen LogP contribution in [0, 0.1) is 0 Å². The first-order chi connectivity index (χ1) is 15.7. The summed E-state index contributed by atoms with van der Waals surface area (Å²) < 4.78 is 9.07. The summed E-state index contributed by atoms with van der Waals surface area (Å²) in [6.07, 6.45) is 2.83. The van der Waals surface area contributed by atoms with Crippen molar-refractivity contribution in [2.24, 2.45) is 0 Å². The van der Waals surface area contributed by atoms with Gasteiger partial charge in [0, 0.05) is 61.2 Å². The fourth-order valence-corrected chi connectivity index (χ4v) is 5.35. The monoisotopic (exact) mass is 483 g/mol. The predicted octanol–water partition coefficient (Wildman–Crippen LogP) is 5.25. The van der Waals surface area contributed by atoms with Crippen molar-refractivity contribution in [3.8, 4) is 5.75 Å². The number of fused-ring (bicyclic) bond motifs is 2. The largest absolute Gasteiger partial charge is 0.494 e. The van der Waals surface area contributed by atoms with Crippen LogP contribution in [0.2, 0.25) is 0 Å². The van der Waals surface area contributed by atoms with E-state index >= 15 is 0 Å². The lowest BCUT2D eigenvalue weighted by atomic mass is 10.1. The highest BCUT2D eigenvalue weighted by Gasteiger charge is 2.18. The Labute approximate surface area is 204 Å². The van der Waals surface area contributed by atoms with Crippen molar-refractivity contribution in [1.82, 2.24) is 9.47 Å². The van der Waals surface area contributed by atoms with Gasteiger partial charge in [-0.15, -0.1) is 23.7 Å². The van der Waals surface area contributed by atoms with Gasteiger partial charge in [0.15, 0.2) is 0 Å². The van der Waals surface area contributed by atoms with Crippen LogP contribution in [0.5, 0.6) is 5.75 Å². The Hall–Kier alpha value is -2.54. The number of hydrogen-bond donors (Lipinski definition) is 0. The third-order valence-corrected chi connectivity index (χ3v) is 7.25. The molecule has 0 radical (unpaired) electrons. The molecule has 0 N–H and O–H groups in total. The maximum Gasteiger partial charge on any atom is 0.258 e. The molecule has 2 aromatic heterocycles. The van der Waals surface area contributed by atoms with E-state index in [9.17, 15) is 4.79 Å². The predicted molar refractivity (Wildman–Crippen MR) is 142 cm³/mol. The number of ether oxygens (including phenoxy) is 1. The number of anilines is 1. The zero-order valence-electron chi connectivity index (χ0n) is 18.9. The highest BCUT2D eigenvalue weighted by atomic mass is 35.5. The van der Waals surface area contributed by atoms with Crippen molar-refractivity contribution in [3.05, 3.63) is 70.5 Å². The molecule has 0 amide bonds. The summed E-state index contributed by atoms with van der Waals surface area (Å²) in [6, 6.07) is 16.7. The summed E-state index contributed by atoms with van der Waals surface area (Å²) in [5.41, 5.74) is 1.41. The highest BCUT2D eigenvalue weighted by Crippen LogP contribution is 2.31. The lowest BCUT2D eigenvalue weighted by Gasteiger charge is -2.36. The lowest BCUT2D eigenvalue weighted by molar-refractivity contribution is 0.225. The number of halogens is 1. The van der Waals surface area contributed by atoms with E-state index in [1.165, 1.54) is 15.8 Å². The van der Waals surface area contributed by atoms with Crippen LogP contribution < -0.4 is 15.2 Å². The van der Waals surface area contributed by atoms with Crippen LogP contribution in [0.3, 0.4) is 0 Å². The third kappa shape index (κ3) is 5.03. The van der Waals surface area contributed by atoms with E-state index in [4.69, 9.17) is 4.74 Å². The van der Waals surface area contributed by atoms with Gasteiger partial charge in [-0.3, -0.25) is 9.69 Å². The smallest absolute Gasteiger partial charge is 0.258 e.